The maximum atomic E-state index is 11.2. The van der Waals surface area contributed by atoms with E-state index in [1.54, 1.807) is 11.6 Å². The molecule has 0 aliphatic rings. The lowest BCUT2D eigenvalue weighted by Gasteiger charge is -2.08. The van der Waals surface area contributed by atoms with Crippen LogP contribution >= 0.6 is 23.4 Å². The van der Waals surface area contributed by atoms with Crippen LogP contribution in [-0.2, 0) is 7.05 Å². The molecule has 2 aromatic rings. The second-order valence-electron chi connectivity index (χ2n) is 3.51. The van der Waals surface area contributed by atoms with Gasteiger partial charge in [0.15, 0.2) is 5.16 Å². The maximum absolute atomic E-state index is 11.2. The van der Waals surface area contributed by atoms with Crippen molar-refractivity contribution >= 4 is 35.0 Å². The number of nitrogen functional groups attached to an aromatic ring is 1. The highest BCUT2D eigenvalue weighted by atomic mass is 35.5. The number of carbonyl (C=O) groups is 1. The summed E-state index contributed by atoms with van der Waals surface area (Å²) in [4.78, 5) is 11.6. The lowest BCUT2D eigenvalue weighted by molar-refractivity contribution is 0.0693. The Hall–Kier alpha value is -1.73. The molecule has 0 aliphatic carbocycles. The van der Waals surface area contributed by atoms with E-state index >= 15 is 0 Å². The number of carboxylic acid groups (broad SMARTS) is 1. The van der Waals surface area contributed by atoms with Gasteiger partial charge in [0.25, 0.3) is 0 Å². The van der Waals surface area contributed by atoms with Crippen molar-refractivity contribution in [2.24, 2.45) is 7.05 Å². The van der Waals surface area contributed by atoms with Gasteiger partial charge in [0.1, 0.15) is 6.33 Å². The number of nitrogens with two attached hydrogens (primary N) is 1. The smallest absolute Gasteiger partial charge is 0.336 e. The van der Waals surface area contributed by atoms with E-state index in [1.165, 1.54) is 18.5 Å². The van der Waals surface area contributed by atoms with E-state index < -0.39 is 5.97 Å². The van der Waals surface area contributed by atoms with E-state index in [-0.39, 0.29) is 10.6 Å². The van der Waals surface area contributed by atoms with E-state index in [9.17, 15) is 4.79 Å². The van der Waals surface area contributed by atoms with Crippen LogP contribution in [0.25, 0.3) is 0 Å². The number of aryl methyl sites for hydroxylation is 1. The zero-order valence-corrected chi connectivity index (χ0v) is 10.9. The SMILES string of the molecule is Cn1cnnc1Sc1c(Cl)cc(N)cc1C(=O)O. The van der Waals surface area contributed by atoms with Gasteiger partial charge in [-0.2, -0.15) is 0 Å². The van der Waals surface area contributed by atoms with Crippen LogP contribution in [0, 0.1) is 0 Å². The molecule has 0 aliphatic heterocycles. The molecule has 0 unspecified atom stereocenters. The molecule has 0 saturated heterocycles. The molecule has 0 radical (unpaired) electrons. The number of halogens is 1. The Balaban J connectivity index is 2.50. The number of nitrogens with zero attached hydrogens (tertiary/aromatic N) is 3. The topological polar surface area (TPSA) is 94.0 Å². The van der Waals surface area contributed by atoms with Gasteiger partial charge in [-0.25, -0.2) is 4.79 Å². The van der Waals surface area contributed by atoms with Crippen molar-refractivity contribution in [3.05, 3.63) is 29.0 Å². The van der Waals surface area contributed by atoms with Crippen LogP contribution in [0.15, 0.2) is 28.5 Å². The molecule has 1 aromatic carbocycles. The molecule has 0 bridgehead atoms. The summed E-state index contributed by atoms with van der Waals surface area (Å²) in [5.74, 6) is -1.09. The molecule has 2 rings (SSSR count). The monoisotopic (exact) mass is 284 g/mol. The number of hydrogen-bond acceptors (Lipinski definition) is 5. The normalized spacial score (nSPS) is 10.6. The molecule has 0 fully saturated rings. The minimum absolute atomic E-state index is 0.0491. The maximum Gasteiger partial charge on any atom is 0.336 e. The van der Waals surface area contributed by atoms with Gasteiger partial charge in [-0.1, -0.05) is 11.6 Å². The Morgan fingerprint density at radius 3 is 2.83 bits per heavy atom. The highest BCUT2D eigenvalue weighted by Crippen LogP contribution is 2.36. The summed E-state index contributed by atoms with van der Waals surface area (Å²) in [6, 6.07) is 2.87. The molecule has 0 saturated carbocycles. The Bertz CT molecular complexity index is 614. The predicted octanol–water partition coefficient (Wildman–Crippen LogP) is 1.90. The third-order valence-corrected chi connectivity index (χ3v) is 3.77. The number of anilines is 1. The molecule has 0 atom stereocenters. The lowest BCUT2D eigenvalue weighted by atomic mass is 10.2. The fourth-order valence-electron chi connectivity index (χ4n) is 1.33. The summed E-state index contributed by atoms with van der Waals surface area (Å²) in [6.45, 7) is 0. The Morgan fingerprint density at radius 1 is 1.56 bits per heavy atom. The first-order chi connectivity index (χ1) is 8.49. The summed E-state index contributed by atoms with van der Waals surface area (Å²) in [5.41, 5.74) is 5.93. The van der Waals surface area contributed by atoms with Gasteiger partial charge in [0, 0.05) is 17.6 Å². The molecule has 6 nitrogen and oxygen atoms in total. The molecule has 3 N–H and O–H groups in total. The first kappa shape index (κ1) is 12.7. The van der Waals surface area contributed by atoms with Crippen molar-refractivity contribution in [2.45, 2.75) is 10.1 Å². The lowest BCUT2D eigenvalue weighted by Crippen LogP contribution is -2.02. The van der Waals surface area contributed by atoms with Crippen LogP contribution in [0.1, 0.15) is 10.4 Å². The first-order valence-electron chi connectivity index (χ1n) is 4.83. The minimum Gasteiger partial charge on any atom is -0.478 e. The van der Waals surface area contributed by atoms with E-state index in [0.29, 0.717) is 15.7 Å². The summed E-state index contributed by atoms with van der Waals surface area (Å²) in [7, 11) is 1.76. The summed E-state index contributed by atoms with van der Waals surface area (Å²) in [6.07, 6.45) is 1.52. The van der Waals surface area contributed by atoms with Crippen molar-refractivity contribution in [1.29, 1.82) is 0 Å². The quantitative estimate of drug-likeness (QED) is 0.836. The van der Waals surface area contributed by atoms with Gasteiger partial charge in [0.05, 0.1) is 10.6 Å². The van der Waals surface area contributed by atoms with Crippen LogP contribution in [0.5, 0.6) is 0 Å². The molecule has 94 valence electrons. The highest BCUT2D eigenvalue weighted by molar-refractivity contribution is 7.99. The number of carboxylic acids is 1. The van der Waals surface area contributed by atoms with Crippen LogP contribution in [0.4, 0.5) is 5.69 Å². The average Bonchev–Trinajstić information content (AvgIpc) is 2.67. The van der Waals surface area contributed by atoms with Crippen LogP contribution < -0.4 is 5.73 Å². The number of rotatable bonds is 3. The average molecular weight is 285 g/mol. The Morgan fingerprint density at radius 2 is 2.28 bits per heavy atom. The van der Waals surface area contributed by atoms with Gasteiger partial charge in [-0.15, -0.1) is 10.2 Å². The van der Waals surface area contributed by atoms with Gasteiger partial charge in [-0.05, 0) is 23.9 Å². The van der Waals surface area contributed by atoms with Crippen LogP contribution in [0.3, 0.4) is 0 Å². The zero-order chi connectivity index (χ0) is 13.3. The van der Waals surface area contributed by atoms with Crippen molar-refractivity contribution in [1.82, 2.24) is 14.8 Å². The second-order valence-corrected chi connectivity index (χ2v) is 4.90. The molecule has 18 heavy (non-hydrogen) atoms. The third-order valence-electron chi connectivity index (χ3n) is 2.16. The van der Waals surface area contributed by atoms with Crippen LogP contribution in [0.2, 0.25) is 5.02 Å². The molecule has 0 amide bonds. The number of aromatic nitrogens is 3. The zero-order valence-electron chi connectivity index (χ0n) is 9.29. The van der Waals surface area contributed by atoms with Crippen molar-refractivity contribution in [2.75, 3.05) is 5.73 Å². The fourth-order valence-corrected chi connectivity index (χ4v) is 2.55. The first-order valence-corrected chi connectivity index (χ1v) is 6.02. The molecular weight excluding hydrogens is 276 g/mol. The number of benzene rings is 1. The van der Waals surface area contributed by atoms with Gasteiger partial charge < -0.3 is 15.4 Å². The number of aromatic carboxylic acids is 1. The largest absolute Gasteiger partial charge is 0.478 e. The molecule has 1 aromatic heterocycles. The Labute approximate surface area is 112 Å². The van der Waals surface area contributed by atoms with Gasteiger partial charge in [-0.3, -0.25) is 0 Å². The molecule has 8 heteroatoms. The third kappa shape index (κ3) is 2.41. The predicted molar refractivity (Wildman–Crippen MR) is 67.9 cm³/mol. The highest BCUT2D eigenvalue weighted by Gasteiger charge is 2.17. The molecule has 0 spiro atoms. The van der Waals surface area contributed by atoms with Crippen LogP contribution in [-0.4, -0.2) is 25.8 Å². The van der Waals surface area contributed by atoms with E-state index in [2.05, 4.69) is 10.2 Å². The molecular formula is C10H9ClN4O2S. The van der Waals surface area contributed by atoms with Gasteiger partial charge >= 0.3 is 5.97 Å². The van der Waals surface area contributed by atoms with Crippen molar-refractivity contribution in [3.63, 3.8) is 0 Å². The van der Waals surface area contributed by atoms with Crippen molar-refractivity contribution in [3.8, 4) is 0 Å². The van der Waals surface area contributed by atoms with E-state index in [4.69, 9.17) is 22.4 Å². The fraction of sp³-hybridized carbons (Fsp3) is 0.100. The molecule has 1 heterocycles. The van der Waals surface area contributed by atoms with E-state index in [0.717, 1.165) is 11.8 Å². The summed E-state index contributed by atoms with van der Waals surface area (Å²) < 4.78 is 1.67. The summed E-state index contributed by atoms with van der Waals surface area (Å²) >= 11 is 7.16. The van der Waals surface area contributed by atoms with E-state index in [1.807, 2.05) is 0 Å². The number of hydrogen-bond donors (Lipinski definition) is 2. The van der Waals surface area contributed by atoms with Crippen molar-refractivity contribution < 1.29 is 9.90 Å². The van der Waals surface area contributed by atoms with Gasteiger partial charge in [0.2, 0.25) is 0 Å². The Kier molecular flexibility index (Phi) is 3.44. The standard InChI is InChI=1S/C10H9ClN4O2S/c1-15-4-13-14-10(15)18-8-6(9(16)17)2-5(12)3-7(8)11/h2-4H,12H2,1H3,(H,16,17). The minimum atomic E-state index is -1.09. The summed E-state index contributed by atoms with van der Waals surface area (Å²) in [5, 5.41) is 17.6. The second kappa shape index (κ2) is 4.87.